The summed E-state index contributed by atoms with van der Waals surface area (Å²) in [5.74, 6) is 0.612. The third-order valence-electron chi connectivity index (χ3n) is 4.08. The molecule has 0 spiro atoms. The SMILES string of the molecule is CC1(Nc2c(Cl)cnn(CC3CCC3)c2=O)CC1. The first-order valence-corrected chi connectivity index (χ1v) is 6.99. The number of aromatic nitrogens is 2. The Morgan fingerprint density at radius 1 is 1.56 bits per heavy atom. The van der Waals surface area contributed by atoms with Crippen LogP contribution in [0.15, 0.2) is 11.0 Å². The zero-order valence-corrected chi connectivity index (χ0v) is 11.3. The van der Waals surface area contributed by atoms with Crippen molar-refractivity contribution in [1.29, 1.82) is 0 Å². The number of nitrogens with one attached hydrogen (secondary N) is 1. The zero-order valence-electron chi connectivity index (χ0n) is 10.6. The van der Waals surface area contributed by atoms with Crippen molar-refractivity contribution in [2.75, 3.05) is 5.32 Å². The number of anilines is 1. The molecule has 98 valence electrons. The lowest BCUT2D eigenvalue weighted by Gasteiger charge is -2.25. The fourth-order valence-corrected chi connectivity index (χ4v) is 2.42. The predicted octanol–water partition coefficient (Wildman–Crippen LogP) is 2.66. The molecule has 5 heteroatoms. The summed E-state index contributed by atoms with van der Waals surface area (Å²) in [6, 6.07) is 0. The topological polar surface area (TPSA) is 46.9 Å². The van der Waals surface area contributed by atoms with Gasteiger partial charge in [0, 0.05) is 12.1 Å². The van der Waals surface area contributed by atoms with E-state index in [0.29, 0.717) is 16.6 Å². The van der Waals surface area contributed by atoms with E-state index in [4.69, 9.17) is 11.6 Å². The molecule has 1 aromatic rings. The summed E-state index contributed by atoms with van der Waals surface area (Å²) < 4.78 is 1.56. The number of rotatable bonds is 4. The first kappa shape index (κ1) is 12.0. The molecular weight excluding hydrogens is 250 g/mol. The largest absolute Gasteiger partial charge is 0.374 e. The zero-order chi connectivity index (χ0) is 12.8. The third kappa shape index (κ3) is 2.26. The van der Waals surface area contributed by atoms with Crippen molar-refractivity contribution in [2.45, 2.75) is 51.1 Å². The molecule has 0 aromatic carbocycles. The van der Waals surface area contributed by atoms with E-state index < -0.39 is 0 Å². The Bertz CT molecular complexity index is 517. The number of hydrogen-bond acceptors (Lipinski definition) is 3. The first-order valence-electron chi connectivity index (χ1n) is 6.61. The fraction of sp³-hybridized carbons (Fsp3) is 0.692. The summed E-state index contributed by atoms with van der Waals surface area (Å²) in [5, 5.41) is 7.84. The van der Waals surface area contributed by atoms with E-state index in [2.05, 4.69) is 17.3 Å². The van der Waals surface area contributed by atoms with E-state index in [9.17, 15) is 4.79 Å². The number of halogens is 1. The van der Waals surface area contributed by atoms with Gasteiger partial charge in [0.25, 0.3) is 5.56 Å². The van der Waals surface area contributed by atoms with Crippen LogP contribution in [-0.2, 0) is 6.54 Å². The van der Waals surface area contributed by atoms with Crippen molar-refractivity contribution in [1.82, 2.24) is 9.78 Å². The fourth-order valence-electron chi connectivity index (χ4n) is 2.25. The maximum atomic E-state index is 12.3. The van der Waals surface area contributed by atoms with Crippen LogP contribution in [-0.4, -0.2) is 15.3 Å². The Hall–Kier alpha value is -1.03. The third-order valence-corrected chi connectivity index (χ3v) is 4.37. The van der Waals surface area contributed by atoms with Gasteiger partial charge in [0.05, 0.1) is 11.2 Å². The van der Waals surface area contributed by atoms with Crippen molar-refractivity contribution >= 4 is 17.3 Å². The van der Waals surface area contributed by atoms with Gasteiger partial charge in [-0.3, -0.25) is 4.79 Å². The maximum absolute atomic E-state index is 12.3. The summed E-state index contributed by atoms with van der Waals surface area (Å²) in [5.41, 5.74) is 0.492. The Balaban J connectivity index is 1.86. The maximum Gasteiger partial charge on any atom is 0.291 e. The summed E-state index contributed by atoms with van der Waals surface area (Å²) >= 11 is 6.08. The highest BCUT2D eigenvalue weighted by atomic mass is 35.5. The smallest absolute Gasteiger partial charge is 0.291 e. The molecule has 3 rings (SSSR count). The van der Waals surface area contributed by atoms with Gasteiger partial charge < -0.3 is 5.32 Å². The monoisotopic (exact) mass is 267 g/mol. The molecule has 1 aromatic heterocycles. The minimum atomic E-state index is -0.0810. The van der Waals surface area contributed by atoms with Crippen molar-refractivity contribution in [2.24, 2.45) is 5.92 Å². The lowest BCUT2D eigenvalue weighted by Crippen LogP contribution is -2.32. The Labute approximate surface area is 111 Å². The van der Waals surface area contributed by atoms with E-state index in [0.717, 1.165) is 19.4 Å². The van der Waals surface area contributed by atoms with Gasteiger partial charge in [-0.25, -0.2) is 4.68 Å². The van der Waals surface area contributed by atoms with Crippen LogP contribution in [0.3, 0.4) is 0 Å². The molecule has 2 aliphatic carbocycles. The van der Waals surface area contributed by atoms with Crippen molar-refractivity contribution in [3.63, 3.8) is 0 Å². The van der Waals surface area contributed by atoms with Crippen LogP contribution < -0.4 is 10.9 Å². The minimum Gasteiger partial charge on any atom is -0.374 e. The molecule has 0 aliphatic heterocycles. The molecule has 2 saturated carbocycles. The molecule has 1 heterocycles. The van der Waals surface area contributed by atoms with E-state index in [1.165, 1.54) is 19.3 Å². The summed E-state index contributed by atoms with van der Waals surface area (Å²) in [7, 11) is 0. The van der Waals surface area contributed by atoms with Crippen LogP contribution in [0, 0.1) is 5.92 Å². The average Bonchev–Trinajstić information content (AvgIpc) is 2.99. The van der Waals surface area contributed by atoms with Crippen LogP contribution in [0.1, 0.15) is 39.0 Å². The van der Waals surface area contributed by atoms with E-state index in [-0.39, 0.29) is 11.1 Å². The highest BCUT2D eigenvalue weighted by Gasteiger charge is 2.38. The quantitative estimate of drug-likeness (QED) is 0.912. The van der Waals surface area contributed by atoms with E-state index in [1.54, 1.807) is 10.9 Å². The van der Waals surface area contributed by atoms with Gasteiger partial charge in [0.15, 0.2) is 0 Å². The molecule has 2 fully saturated rings. The van der Waals surface area contributed by atoms with E-state index in [1.807, 2.05) is 0 Å². The molecule has 0 bridgehead atoms. The van der Waals surface area contributed by atoms with Crippen LogP contribution in [0.5, 0.6) is 0 Å². The second-order valence-corrected chi connectivity index (χ2v) is 6.24. The Morgan fingerprint density at radius 2 is 2.28 bits per heavy atom. The Kier molecular flexibility index (Phi) is 2.85. The summed E-state index contributed by atoms with van der Waals surface area (Å²) in [6.07, 6.45) is 7.45. The number of hydrogen-bond donors (Lipinski definition) is 1. The lowest BCUT2D eigenvalue weighted by atomic mass is 9.85. The van der Waals surface area contributed by atoms with Crippen molar-refractivity contribution < 1.29 is 0 Å². The Morgan fingerprint density at radius 3 is 2.83 bits per heavy atom. The minimum absolute atomic E-state index is 0.0540. The molecule has 1 N–H and O–H groups in total. The van der Waals surface area contributed by atoms with Gasteiger partial charge >= 0.3 is 0 Å². The summed E-state index contributed by atoms with van der Waals surface area (Å²) in [4.78, 5) is 12.3. The molecule has 4 nitrogen and oxygen atoms in total. The van der Waals surface area contributed by atoms with Crippen LogP contribution in [0.4, 0.5) is 5.69 Å². The van der Waals surface area contributed by atoms with Crippen molar-refractivity contribution in [3.8, 4) is 0 Å². The van der Waals surface area contributed by atoms with Gasteiger partial charge in [-0.1, -0.05) is 18.0 Å². The second-order valence-electron chi connectivity index (χ2n) is 5.84. The van der Waals surface area contributed by atoms with Gasteiger partial charge in [-0.05, 0) is 38.5 Å². The predicted molar refractivity (Wildman–Crippen MR) is 72.1 cm³/mol. The molecule has 18 heavy (non-hydrogen) atoms. The van der Waals surface area contributed by atoms with Crippen LogP contribution >= 0.6 is 11.6 Å². The standard InChI is InChI=1S/C13H18ClN3O/c1-13(5-6-13)16-11-10(14)7-15-17(12(11)18)8-9-3-2-4-9/h7,9,16H,2-6,8H2,1H3. The highest BCUT2D eigenvalue weighted by molar-refractivity contribution is 6.33. The normalized spacial score (nSPS) is 21.4. The molecule has 0 radical (unpaired) electrons. The molecular formula is C13H18ClN3O. The first-order chi connectivity index (χ1) is 8.57. The van der Waals surface area contributed by atoms with Gasteiger partial charge in [-0.2, -0.15) is 5.10 Å². The van der Waals surface area contributed by atoms with Crippen LogP contribution in [0.2, 0.25) is 5.02 Å². The van der Waals surface area contributed by atoms with Gasteiger partial charge in [0.2, 0.25) is 0 Å². The molecule has 0 unspecified atom stereocenters. The van der Waals surface area contributed by atoms with Crippen LogP contribution in [0.25, 0.3) is 0 Å². The highest BCUT2D eigenvalue weighted by Crippen LogP contribution is 2.38. The molecule has 0 amide bonds. The average molecular weight is 268 g/mol. The van der Waals surface area contributed by atoms with Crippen molar-refractivity contribution in [3.05, 3.63) is 21.6 Å². The summed E-state index contributed by atoms with van der Waals surface area (Å²) in [6.45, 7) is 2.83. The van der Waals surface area contributed by atoms with Gasteiger partial charge in [0.1, 0.15) is 5.69 Å². The lowest BCUT2D eigenvalue weighted by molar-refractivity contribution is 0.262. The molecule has 0 atom stereocenters. The van der Waals surface area contributed by atoms with E-state index >= 15 is 0 Å². The molecule has 0 saturated heterocycles. The molecule has 2 aliphatic rings. The number of nitrogens with zero attached hydrogens (tertiary/aromatic N) is 2. The van der Waals surface area contributed by atoms with Gasteiger partial charge in [-0.15, -0.1) is 0 Å². The second kappa shape index (κ2) is 4.26.